The summed E-state index contributed by atoms with van der Waals surface area (Å²) in [7, 11) is 0. The molecule has 0 aliphatic rings. The molecule has 1 rings (SSSR count). The fourth-order valence-corrected chi connectivity index (χ4v) is 1.88. The predicted octanol–water partition coefficient (Wildman–Crippen LogP) is 2.64. The van der Waals surface area contributed by atoms with E-state index >= 15 is 0 Å². The average Bonchev–Trinajstić information content (AvgIpc) is 2.48. The van der Waals surface area contributed by atoms with Crippen molar-refractivity contribution >= 4 is 0 Å². The zero-order valence-corrected chi connectivity index (χ0v) is 14.3. The van der Waals surface area contributed by atoms with Crippen molar-refractivity contribution in [1.82, 2.24) is 5.32 Å². The van der Waals surface area contributed by atoms with Crippen molar-refractivity contribution in [3.8, 4) is 5.75 Å². The lowest BCUT2D eigenvalue weighted by Gasteiger charge is -2.15. The van der Waals surface area contributed by atoms with Gasteiger partial charge in [0.05, 0.1) is 6.61 Å². The van der Waals surface area contributed by atoms with Gasteiger partial charge in [-0.2, -0.15) is 0 Å². The molecule has 0 saturated carbocycles. The van der Waals surface area contributed by atoms with Gasteiger partial charge in [-0.25, -0.2) is 0 Å². The molecule has 1 atom stereocenters. The summed E-state index contributed by atoms with van der Waals surface area (Å²) < 4.78 is 11.2. The van der Waals surface area contributed by atoms with Gasteiger partial charge in [0.25, 0.3) is 0 Å². The van der Waals surface area contributed by atoms with Gasteiger partial charge in [0.15, 0.2) is 0 Å². The second kappa shape index (κ2) is 10.6. The van der Waals surface area contributed by atoms with E-state index in [2.05, 4.69) is 33.0 Å². The first-order valence-corrected chi connectivity index (χ1v) is 8.18. The quantitative estimate of drug-likeness (QED) is 0.617. The van der Waals surface area contributed by atoms with Crippen LogP contribution >= 0.6 is 0 Å². The van der Waals surface area contributed by atoms with Gasteiger partial charge in [-0.1, -0.05) is 39.8 Å². The van der Waals surface area contributed by atoms with E-state index in [1.54, 1.807) is 0 Å². The van der Waals surface area contributed by atoms with E-state index in [1.807, 2.05) is 24.3 Å². The Hall–Kier alpha value is -1.10. The second-order valence-electron chi connectivity index (χ2n) is 6.39. The number of benzene rings is 1. The smallest absolute Gasteiger partial charge is 0.119 e. The van der Waals surface area contributed by atoms with Crippen molar-refractivity contribution in [2.45, 2.75) is 46.3 Å². The Kier molecular flexibility index (Phi) is 9.13. The second-order valence-corrected chi connectivity index (χ2v) is 6.39. The van der Waals surface area contributed by atoms with Crippen LogP contribution in [0, 0.1) is 5.92 Å². The van der Waals surface area contributed by atoms with Crippen LogP contribution in [0.5, 0.6) is 5.75 Å². The number of ether oxygens (including phenoxy) is 2. The van der Waals surface area contributed by atoms with E-state index < -0.39 is 6.10 Å². The summed E-state index contributed by atoms with van der Waals surface area (Å²) in [6, 6.07) is 8.35. The fraction of sp³-hybridized carbons (Fsp3) is 0.667. The van der Waals surface area contributed by atoms with Gasteiger partial charge in [-0.15, -0.1) is 0 Å². The molecule has 2 N–H and O–H groups in total. The van der Waals surface area contributed by atoms with Crippen molar-refractivity contribution in [1.29, 1.82) is 0 Å². The Morgan fingerprint density at radius 1 is 1.05 bits per heavy atom. The van der Waals surface area contributed by atoms with Gasteiger partial charge >= 0.3 is 0 Å². The first-order chi connectivity index (χ1) is 10.5. The van der Waals surface area contributed by atoms with Gasteiger partial charge in [0.1, 0.15) is 18.5 Å². The molecule has 1 unspecified atom stereocenters. The number of hydrogen-bond acceptors (Lipinski definition) is 4. The van der Waals surface area contributed by atoms with E-state index in [4.69, 9.17) is 9.47 Å². The Morgan fingerprint density at radius 2 is 1.73 bits per heavy atom. The zero-order chi connectivity index (χ0) is 16.4. The number of nitrogens with one attached hydrogen (secondary N) is 1. The summed E-state index contributed by atoms with van der Waals surface area (Å²) >= 11 is 0. The minimum Gasteiger partial charge on any atom is -0.491 e. The maximum Gasteiger partial charge on any atom is 0.119 e. The monoisotopic (exact) mass is 309 g/mol. The van der Waals surface area contributed by atoms with Crippen LogP contribution in [0.1, 0.15) is 33.3 Å². The van der Waals surface area contributed by atoms with E-state index in [0.717, 1.165) is 25.4 Å². The summed E-state index contributed by atoms with van der Waals surface area (Å²) in [5.41, 5.74) is 1.23. The van der Waals surface area contributed by atoms with Crippen LogP contribution < -0.4 is 10.1 Å². The molecule has 0 aromatic heterocycles. The highest BCUT2D eigenvalue weighted by Gasteiger charge is 2.06. The van der Waals surface area contributed by atoms with Gasteiger partial charge in [-0.05, 0) is 30.0 Å². The van der Waals surface area contributed by atoms with Crippen LogP contribution in [0.3, 0.4) is 0 Å². The van der Waals surface area contributed by atoms with Gasteiger partial charge < -0.3 is 19.9 Å². The minimum atomic E-state index is -0.494. The SMILES string of the molecule is CC(C)COCCc1ccc(OCC(O)CNC(C)C)cc1. The molecule has 126 valence electrons. The fourth-order valence-electron chi connectivity index (χ4n) is 1.88. The lowest BCUT2D eigenvalue weighted by atomic mass is 10.1. The summed E-state index contributed by atoms with van der Waals surface area (Å²) in [6.07, 6.45) is 0.417. The molecule has 1 aromatic carbocycles. The Bertz CT molecular complexity index is 390. The number of rotatable bonds is 11. The summed E-state index contributed by atoms with van der Waals surface area (Å²) in [4.78, 5) is 0. The minimum absolute atomic E-state index is 0.302. The number of hydrogen-bond donors (Lipinski definition) is 2. The predicted molar refractivity (Wildman–Crippen MR) is 90.4 cm³/mol. The number of aliphatic hydroxyl groups excluding tert-OH is 1. The Morgan fingerprint density at radius 3 is 2.32 bits per heavy atom. The van der Waals surface area contributed by atoms with Crippen LogP contribution in [0.4, 0.5) is 0 Å². The van der Waals surface area contributed by atoms with Crippen molar-refractivity contribution < 1.29 is 14.6 Å². The summed E-state index contributed by atoms with van der Waals surface area (Å²) in [5.74, 6) is 1.36. The third-order valence-corrected chi connectivity index (χ3v) is 3.11. The van der Waals surface area contributed by atoms with Gasteiger partial charge in [-0.3, -0.25) is 0 Å². The molecule has 0 spiro atoms. The third-order valence-electron chi connectivity index (χ3n) is 3.11. The Labute approximate surface area is 134 Å². The maximum atomic E-state index is 9.80. The highest BCUT2D eigenvalue weighted by molar-refractivity contribution is 5.27. The molecule has 0 aliphatic carbocycles. The largest absolute Gasteiger partial charge is 0.491 e. The first kappa shape index (κ1) is 18.9. The van der Waals surface area contributed by atoms with E-state index in [9.17, 15) is 5.11 Å². The van der Waals surface area contributed by atoms with Crippen molar-refractivity contribution in [3.63, 3.8) is 0 Å². The molecule has 0 fully saturated rings. The average molecular weight is 309 g/mol. The Balaban J connectivity index is 2.23. The first-order valence-electron chi connectivity index (χ1n) is 8.18. The van der Waals surface area contributed by atoms with Crippen molar-refractivity contribution in [3.05, 3.63) is 29.8 Å². The highest BCUT2D eigenvalue weighted by atomic mass is 16.5. The molecule has 0 heterocycles. The molecule has 0 saturated heterocycles. The van der Waals surface area contributed by atoms with Crippen LogP contribution in [0.25, 0.3) is 0 Å². The van der Waals surface area contributed by atoms with Gasteiger partial charge in [0.2, 0.25) is 0 Å². The summed E-state index contributed by atoms with van der Waals surface area (Å²) in [5, 5.41) is 13.0. The van der Waals surface area contributed by atoms with Crippen LogP contribution in [-0.2, 0) is 11.2 Å². The van der Waals surface area contributed by atoms with Gasteiger partial charge in [0, 0.05) is 19.2 Å². The number of aliphatic hydroxyl groups is 1. The molecule has 4 heteroatoms. The molecule has 4 nitrogen and oxygen atoms in total. The molecule has 0 aliphatic heterocycles. The van der Waals surface area contributed by atoms with E-state index in [1.165, 1.54) is 5.56 Å². The topological polar surface area (TPSA) is 50.7 Å². The summed E-state index contributed by atoms with van der Waals surface area (Å²) in [6.45, 7) is 10.8. The standard InChI is InChI=1S/C18H31NO3/c1-14(2)12-21-10-9-16-5-7-18(8-6-16)22-13-17(20)11-19-15(3)4/h5-8,14-15,17,19-20H,9-13H2,1-4H3. The van der Waals surface area contributed by atoms with Crippen LogP contribution in [0.2, 0.25) is 0 Å². The van der Waals surface area contributed by atoms with Crippen LogP contribution in [0.15, 0.2) is 24.3 Å². The molecule has 22 heavy (non-hydrogen) atoms. The van der Waals surface area contributed by atoms with Crippen molar-refractivity contribution in [2.75, 3.05) is 26.4 Å². The molecule has 0 amide bonds. The zero-order valence-electron chi connectivity index (χ0n) is 14.3. The molecular weight excluding hydrogens is 278 g/mol. The molecule has 0 bridgehead atoms. The molecule has 0 radical (unpaired) electrons. The van der Waals surface area contributed by atoms with E-state index in [0.29, 0.717) is 25.1 Å². The van der Waals surface area contributed by atoms with E-state index in [-0.39, 0.29) is 0 Å². The van der Waals surface area contributed by atoms with Crippen molar-refractivity contribution in [2.24, 2.45) is 5.92 Å². The van der Waals surface area contributed by atoms with Crippen LogP contribution in [-0.4, -0.2) is 43.6 Å². The molecular formula is C18H31NO3. The lowest BCUT2D eigenvalue weighted by molar-refractivity contribution is 0.104. The maximum absolute atomic E-state index is 9.80. The lowest BCUT2D eigenvalue weighted by Crippen LogP contribution is -2.35. The normalized spacial score (nSPS) is 12.9. The molecule has 1 aromatic rings. The highest BCUT2D eigenvalue weighted by Crippen LogP contribution is 2.13. The third kappa shape index (κ3) is 9.03.